The zero-order valence-corrected chi connectivity index (χ0v) is 5.20. The van der Waals surface area contributed by atoms with Crippen molar-refractivity contribution < 1.29 is 0 Å². The second-order valence-electron chi connectivity index (χ2n) is 1.92. The Bertz CT molecular complexity index is 278. The summed E-state index contributed by atoms with van der Waals surface area (Å²) >= 11 is 0. The summed E-state index contributed by atoms with van der Waals surface area (Å²) in [6.45, 7) is 0. The SMILES string of the molecule is [c]1cnnc2[c]cccc12. The molecular weight excluding hydrogens is 124 g/mol. The van der Waals surface area contributed by atoms with E-state index in [1.807, 2.05) is 18.2 Å². The summed E-state index contributed by atoms with van der Waals surface area (Å²) in [4.78, 5) is 0. The standard InChI is InChI=1S/C8H4N2/c1-2-4-8-7(3-1)5-6-9-10-8/h1-3,6H. The lowest BCUT2D eigenvalue weighted by Crippen LogP contribution is -1.80. The van der Waals surface area contributed by atoms with E-state index in [1.54, 1.807) is 6.20 Å². The highest BCUT2D eigenvalue weighted by atomic mass is 15.1. The molecule has 0 fully saturated rings. The van der Waals surface area contributed by atoms with Gasteiger partial charge in [-0.3, -0.25) is 0 Å². The van der Waals surface area contributed by atoms with E-state index in [-0.39, 0.29) is 0 Å². The second-order valence-corrected chi connectivity index (χ2v) is 1.92. The van der Waals surface area contributed by atoms with E-state index in [0.717, 1.165) is 10.9 Å². The van der Waals surface area contributed by atoms with E-state index in [4.69, 9.17) is 0 Å². The fraction of sp³-hybridized carbons (Fsp3) is 0. The maximum absolute atomic E-state index is 3.84. The predicted octanol–water partition coefficient (Wildman–Crippen LogP) is 1.23. The topological polar surface area (TPSA) is 25.8 Å². The van der Waals surface area contributed by atoms with Gasteiger partial charge in [0, 0.05) is 17.5 Å². The number of rotatable bonds is 0. The molecule has 0 aliphatic heterocycles. The largest absolute Gasteiger partial charge is 0.158 e. The van der Waals surface area contributed by atoms with Gasteiger partial charge in [-0.05, 0) is 0 Å². The fourth-order valence-electron chi connectivity index (χ4n) is 0.812. The summed E-state index contributed by atoms with van der Waals surface area (Å²) in [5, 5.41) is 8.48. The van der Waals surface area contributed by atoms with Gasteiger partial charge in [0.15, 0.2) is 0 Å². The highest BCUT2D eigenvalue weighted by Gasteiger charge is 1.89. The Kier molecular flexibility index (Phi) is 1.10. The summed E-state index contributed by atoms with van der Waals surface area (Å²) in [6.07, 6.45) is 1.55. The van der Waals surface area contributed by atoms with Gasteiger partial charge in [-0.25, -0.2) is 0 Å². The van der Waals surface area contributed by atoms with Crippen LogP contribution in [0.15, 0.2) is 24.4 Å². The van der Waals surface area contributed by atoms with Gasteiger partial charge in [0.25, 0.3) is 0 Å². The minimum absolute atomic E-state index is 0.769. The van der Waals surface area contributed by atoms with Crippen molar-refractivity contribution in [3.63, 3.8) is 0 Å². The molecule has 2 radical (unpaired) electrons. The van der Waals surface area contributed by atoms with Gasteiger partial charge < -0.3 is 0 Å². The van der Waals surface area contributed by atoms with Crippen molar-refractivity contribution in [1.29, 1.82) is 0 Å². The number of aromatic nitrogens is 2. The van der Waals surface area contributed by atoms with Crippen LogP contribution >= 0.6 is 0 Å². The van der Waals surface area contributed by atoms with Crippen LogP contribution in [0.4, 0.5) is 0 Å². The Hall–Kier alpha value is -1.44. The molecule has 0 saturated heterocycles. The Labute approximate surface area is 58.5 Å². The van der Waals surface area contributed by atoms with Crippen LogP contribution in [0.1, 0.15) is 0 Å². The van der Waals surface area contributed by atoms with E-state index in [1.165, 1.54) is 0 Å². The minimum Gasteiger partial charge on any atom is -0.158 e. The van der Waals surface area contributed by atoms with Crippen molar-refractivity contribution in [2.45, 2.75) is 0 Å². The van der Waals surface area contributed by atoms with Crippen LogP contribution in [0.3, 0.4) is 0 Å². The van der Waals surface area contributed by atoms with Crippen LogP contribution in [-0.2, 0) is 0 Å². The lowest BCUT2D eigenvalue weighted by molar-refractivity contribution is 1.07. The first-order valence-corrected chi connectivity index (χ1v) is 2.96. The van der Waals surface area contributed by atoms with Crippen molar-refractivity contribution in [1.82, 2.24) is 10.2 Å². The van der Waals surface area contributed by atoms with Crippen molar-refractivity contribution >= 4 is 10.9 Å². The molecule has 46 valence electrons. The second kappa shape index (κ2) is 2.06. The molecule has 0 bridgehead atoms. The number of fused-ring (bicyclic) bond motifs is 1. The third-order valence-corrected chi connectivity index (χ3v) is 1.27. The van der Waals surface area contributed by atoms with Crippen LogP contribution in [0.2, 0.25) is 0 Å². The maximum Gasteiger partial charge on any atom is 0.101 e. The Morgan fingerprint density at radius 2 is 2.30 bits per heavy atom. The Morgan fingerprint density at radius 1 is 1.30 bits per heavy atom. The van der Waals surface area contributed by atoms with Gasteiger partial charge in [0.05, 0.1) is 6.20 Å². The molecule has 1 aromatic heterocycles. The van der Waals surface area contributed by atoms with E-state index >= 15 is 0 Å². The predicted molar refractivity (Wildman–Crippen MR) is 37.2 cm³/mol. The van der Waals surface area contributed by atoms with Crippen molar-refractivity contribution in [3.8, 4) is 0 Å². The molecule has 0 spiro atoms. The normalized spacial score (nSPS) is 10.0. The van der Waals surface area contributed by atoms with Gasteiger partial charge in [0.1, 0.15) is 5.52 Å². The van der Waals surface area contributed by atoms with E-state index in [2.05, 4.69) is 22.3 Å². The third-order valence-electron chi connectivity index (χ3n) is 1.27. The smallest absolute Gasteiger partial charge is 0.101 e. The number of benzene rings is 1. The van der Waals surface area contributed by atoms with Crippen LogP contribution in [0.25, 0.3) is 10.9 Å². The zero-order valence-electron chi connectivity index (χ0n) is 5.20. The van der Waals surface area contributed by atoms with Gasteiger partial charge in [-0.15, -0.1) is 5.10 Å². The average molecular weight is 128 g/mol. The van der Waals surface area contributed by atoms with Gasteiger partial charge >= 0.3 is 0 Å². The summed E-state index contributed by atoms with van der Waals surface area (Å²) in [7, 11) is 0. The number of hydrogen-bond acceptors (Lipinski definition) is 2. The first-order chi connectivity index (χ1) is 4.97. The van der Waals surface area contributed by atoms with E-state index in [0.29, 0.717) is 0 Å². The molecule has 0 atom stereocenters. The first kappa shape index (κ1) is 5.35. The van der Waals surface area contributed by atoms with E-state index < -0.39 is 0 Å². The molecule has 0 N–H and O–H groups in total. The molecule has 0 aliphatic rings. The molecule has 1 heterocycles. The lowest BCUT2D eigenvalue weighted by atomic mass is 10.2. The summed E-state index contributed by atoms with van der Waals surface area (Å²) in [5.74, 6) is 0. The molecule has 1 aromatic carbocycles. The summed E-state index contributed by atoms with van der Waals surface area (Å²) in [6, 6.07) is 11.5. The van der Waals surface area contributed by atoms with Crippen molar-refractivity contribution in [2.75, 3.05) is 0 Å². The molecule has 2 aromatic rings. The quantitative estimate of drug-likeness (QED) is 0.533. The molecule has 0 saturated carbocycles. The average Bonchev–Trinajstić information content (AvgIpc) is 2.05. The number of hydrogen-bond donors (Lipinski definition) is 0. The van der Waals surface area contributed by atoms with Crippen molar-refractivity contribution in [2.24, 2.45) is 0 Å². The molecule has 2 nitrogen and oxygen atoms in total. The van der Waals surface area contributed by atoms with E-state index in [9.17, 15) is 0 Å². The van der Waals surface area contributed by atoms with Gasteiger partial charge in [-0.2, -0.15) is 5.10 Å². The lowest BCUT2D eigenvalue weighted by Gasteiger charge is -1.89. The minimum atomic E-state index is 0.769. The van der Waals surface area contributed by atoms with Gasteiger partial charge in [-0.1, -0.05) is 18.2 Å². The third kappa shape index (κ3) is 0.739. The first-order valence-electron chi connectivity index (χ1n) is 2.96. The molecule has 10 heavy (non-hydrogen) atoms. The highest BCUT2D eigenvalue weighted by Crippen LogP contribution is 2.05. The fourth-order valence-corrected chi connectivity index (χ4v) is 0.812. The summed E-state index contributed by atoms with van der Waals surface area (Å²) in [5.41, 5.74) is 0.769. The molecular formula is C8H4N2. The highest BCUT2D eigenvalue weighted by molar-refractivity contribution is 5.75. The van der Waals surface area contributed by atoms with Crippen molar-refractivity contribution in [3.05, 3.63) is 36.5 Å². The monoisotopic (exact) mass is 128 g/mol. The Balaban J connectivity index is 2.89. The zero-order chi connectivity index (χ0) is 6.81. The Morgan fingerprint density at radius 3 is 3.20 bits per heavy atom. The van der Waals surface area contributed by atoms with Crippen LogP contribution in [0, 0.1) is 12.1 Å². The molecule has 0 unspecified atom stereocenters. The molecule has 2 rings (SSSR count). The van der Waals surface area contributed by atoms with Gasteiger partial charge in [0.2, 0.25) is 0 Å². The maximum atomic E-state index is 3.84. The molecule has 2 heteroatoms. The summed E-state index contributed by atoms with van der Waals surface area (Å²) < 4.78 is 0. The molecule has 0 amide bonds. The molecule has 0 aliphatic carbocycles. The van der Waals surface area contributed by atoms with Crippen LogP contribution in [0.5, 0.6) is 0 Å². The van der Waals surface area contributed by atoms with Crippen LogP contribution in [-0.4, -0.2) is 10.2 Å². The van der Waals surface area contributed by atoms with Crippen LogP contribution < -0.4 is 0 Å². The number of nitrogens with zero attached hydrogens (tertiary/aromatic N) is 2.